The molecule has 0 bridgehead atoms. The number of fused-ring (bicyclic) bond motifs is 1. The van der Waals surface area contributed by atoms with E-state index < -0.39 is 11.7 Å². The zero-order valence-corrected chi connectivity index (χ0v) is 17.1. The Morgan fingerprint density at radius 3 is 2.52 bits per heavy atom. The van der Waals surface area contributed by atoms with E-state index in [2.05, 4.69) is 30.6 Å². The van der Waals surface area contributed by atoms with E-state index in [1.807, 2.05) is 0 Å². The van der Waals surface area contributed by atoms with Crippen LogP contribution in [0.3, 0.4) is 0 Å². The number of anilines is 1. The summed E-state index contributed by atoms with van der Waals surface area (Å²) in [6.45, 7) is 3.64. The Kier molecular flexibility index (Phi) is 5.58. The topological polar surface area (TPSA) is 142 Å². The number of amides is 2. The molecule has 4 rings (SSSR count). The SMILES string of the molecule is COc1cnc(-c2cnc(NC(C)=O)cn2)c2[nH]cc(C(=O)C(=O)N3CCNCC3)c12. The average molecular weight is 423 g/mol. The normalized spacial score (nSPS) is 13.8. The van der Waals surface area contributed by atoms with E-state index in [9.17, 15) is 14.4 Å². The minimum atomic E-state index is -0.615. The van der Waals surface area contributed by atoms with Gasteiger partial charge < -0.3 is 25.3 Å². The maximum absolute atomic E-state index is 13.0. The Morgan fingerprint density at radius 1 is 1.10 bits per heavy atom. The van der Waals surface area contributed by atoms with Gasteiger partial charge in [-0.05, 0) is 0 Å². The molecular formula is C20H21N7O4. The summed E-state index contributed by atoms with van der Waals surface area (Å²) < 4.78 is 5.40. The van der Waals surface area contributed by atoms with Crippen molar-refractivity contribution in [3.8, 4) is 17.1 Å². The first-order valence-electron chi connectivity index (χ1n) is 9.68. The summed E-state index contributed by atoms with van der Waals surface area (Å²) in [5.74, 6) is -0.754. The Labute approximate surface area is 177 Å². The van der Waals surface area contributed by atoms with Gasteiger partial charge in [0.15, 0.2) is 5.82 Å². The van der Waals surface area contributed by atoms with Crippen molar-refractivity contribution in [3.63, 3.8) is 0 Å². The number of ether oxygens (including phenoxy) is 1. The van der Waals surface area contributed by atoms with Gasteiger partial charge >= 0.3 is 0 Å². The first-order chi connectivity index (χ1) is 15.0. The van der Waals surface area contributed by atoms with E-state index >= 15 is 0 Å². The van der Waals surface area contributed by atoms with Crippen LogP contribution in [0.25, 0.3) is 22.3 Å². The maximum atomic E-state index is 13.0. The molecule has 0 aliphatic carbocycles. The number of hydrogen-bond donors (Lipinski definition) is 3. The number of nitrogens with zero attached hydrogens (tertiary/aromatic N) is 4. The third kappa shape index (κ3) is 3.94. The first kappa shape index (κ1) is 20.4. The average Bonchev–Trinajstić information content (AvgIpc) is 3.23. The van der Waals surface area contributed by atoms with Crippen molar-refractivity contribution < 1.29 is 19.1 Å². The summed E-state index contributed by atoms with van der Waals surface area (Å²) in [5.41, 5.74) is 1.57. The lowest BCUT2D eigenvalue weighted by Gasteiger charge is -2.26. The lowest BCUT2D eigenvalue weighted by molar-refractivity contribution is -0.127. The van der Waals surface area contributed by atoms with Crippen LogP contribution in [0.5, 0.6) is 5.75 Å². The molecule has 1 fully saturated rings. The fraction of sp³-hybridized carbons (Fsp3) is 0.300. The largest absolute Gasteiger partial charge is 0.494 e. The number of methoxy groups -OCH3 is 1. The highest BCUT2D eigenvalue weighted by molar-refractivity contribution is 6.45. The summed E-state index contributed by atoms with van der Waals surface area (Å²) in [7, 11) is 1.47. The smallest absolute Gasteiger partial charge is 0.295 e. The number of H-pyrrole nitrogens is 1. The molecule has 3 aromatic rings. The van der Waals surface area contributed by atoms with Gasteiger partial charge in [0.1, 0.15) is 17.1 Å². The quantitative estimate of drug-likeness (QED) is 0.400. The van der Waals surface area contributed by atoms with E-state index in [1.165, 1.54) is 38.8 Å². The van der Waals surface area contributed by atoms with Crippen LogP contribution in [0.1, 0.15) is 17.3 Å². The molecule has 0 radical (unpaired) electrons. The fourth-order valence-electron chi connectivity index (χ4n) is 3.47. The highest BCUT2D eigenvalue weighted by atomic mass is 16.5. The molecule has 11 nitrogen and oxygen atoms in total. The Morgan fingerprint density at radius 2 is 1.87 bits per heavy atom. The van der Waals surface area contributed by atoms with E-state index in [0.717, 1.165) is 0 Å². The number of Topliss-reactive ketones (excluding diaryl/α,β-unsaturated/α-hetero) is 1. The first-order valence-corrected chi connectivity index (χ1v) is 9.68. The zero-order chi connectivity index (χ0) is 22.0. The number of aromatic nitrogens is 4. The highest BCUT2D eigenvalue weighted by Gasteiger charge is 2.28. The molecule has 11 heteroatoms. The third-order valence-corrected chi connectivity index (χ3v) is 4.94. The monoisotopic (exact) mass is 423 g/mol. The molecule has 0 unspecified atom stereocenters. The van der Waals surface area contributed by atoms with Gasteiger partial charge in [-0.15, -0.1) is 0 Å². The molecular weight excluding hydrogens is 402 g/mol. The lowest BCUT2D eigenvalue weighted by atomic mass is 10.1. The number of piperazine rings is 1. The van der Waals surface area contributed by atoms with E-state index in [-0.39, 0.29) is 11.5 Å². The lowest BCUT2D eigenvalue weighted by Crippen LogP contribution is -2.48. The second kappa shape index (κ2) is 8.48. The number of carbonyl (C=O) groups is 3. The van der Waals surface area contributed by atoms with E-state index in [0.29, 0.717) is 60.0 Å². The molecule has 0 atom stereocenters. The van der Waals surface area contributed by atoms with Crippen LogP contribution in [-0.2, 0) is 9.59 Å². The minimum absolute atomic E-state index is 0.210. The van der Waals surface area contributed by atoms with Crippen LogP contribution in [-0.4, -0.2) is 75.7 Å². The van der Waals surface area contributed by atoms with E-state index in [1.54, 1.807) is 4.90 Å². The van der Waals surface area contributed by atoms with Gasteiger partial charge in [-0.3, -0.25) is 14.4 Å². The van der Waals surface area contributed by atoms with Crippen molar-refractivity contribution in [2.24, 2.45) is 0 Å². The second-order valence-corrected chi connectivity index (χ2v) is 6.97. The van der Waals surface area contributed by atoms with E-state index in [4.69, 9.17) is 4.74 Å². The van der Waals surface area contributed by atoms with Gasteiger partial charge in [0, 0.05) is 39.3 Å². The van der Waals surface area contributed by atoms with Crippen LogP contribution in [0.4, 0.5) is 5.82 Å². The van der Waals surface area contributed by atoms with Gasteiger partial charge in [-0.25, -0.2) is 15.0 Å². The molecule has 4 heterocycles. The highest BCUT2D eigenvalue weighted by Crippen LogP contribution is 2.34. The van der Waals surface area contributed by atoms with Crippen molar-refractivity contribution in [2.75, 3.05) is 38.6 Å². The van der Waals surface area contributed by atoms with Crippen LogP contribution < -0.4 is 15.4 Å². The number of pyridine rings is 1. The van der Waals surface area contributed by atoms with Crippen LogP contribution in [0.2, 0.25) is 0 Å². The molecule has 1 saturated heterocycles. The number of ketones is 1. The van der Waals surface area contributed by atoms with Crippen molar-refractivity contribution in [1.29, 1.82) is 0 Å². The number of carbonyl (C=O) groups excluding carboxylic acids is 3. The molecule has 0 aromatic carbocycles. The molecule has 0 saturated carbocycles. The molecule has 160 valence electrons. The predicted molar refractivity (Wildman–Crippen MR) is 112 cm³/mol. The van der Waals surface area contributed by atoms with Gasteiger partial charge in [0.05, 0.1) is 42.2 Å². The second-order valence-electron chi connectivity index (χ2n) is 6.97. The van der Waals surface area contributed by atoms with Gasteiger partial charge in [0.25, 0.3) is 11.7 Å². The number of rotatable bonds is 5. The molecule has 0 spiro atoms. The maximum Gasteiger partial charge on any atom is 0.295 e. The molecule has 1 aliphatic heterocycles. The number of hydrogen-bond acceptors (Lipinski definition) is 8. The van der Waals surface area contributed by atoms with Gasteiger partial charge in [-0.1, -0.05) is 0 Å². The molecule has 2 amide bonds. The van der Waals surface area contributed by atoms with Gasteiger partial charge in [0.2, 0.25) is 5.91 Å². The fourth-order valence-corrected chi connectivity index (χ4v) is 3.47. The molecule has 3 N–H and O–H groups in total. The van der Waals surface area contributed by atoms with Crippen molar-refractivity contribution in [3.05, 3.63) is 30.4 Å². The Bertz CT molecular complexity index is 1150. The van der Waals surface area contributed by atoms with Crippen LogP contribution >= 0.6 is 0 Å². The molecule has 31 heavy (non-hydrogen) atoms. The van der Waals surface area contributed by atoms with Crippen molar-refractivity contribution in [2.45, 2.75) is 6.92 Å². The predicted octanol–water partition coefficient (Wildman–Crippen LogP) is 0.601. The number of nitrogens with one attached hydrogen (secondary N) is 3. The summed E-state index contributed by atoms with van der Waals surface area (Å²) in [6, 6.07) is 0. The van der Waals surface area contributed by atoms with Crippen LogP contribution in [0.15, 0.2) is 24.8 Å². The van der Waals surface area contributed by atoms with Crippen molar-refractivity contribution >= 4 is 34.3 Å². The number of aromatic amines is 1. The molecule has 3 aromatic heterocycles. The summed E-state index contributed by atoms with van der Waals surface area (Å²) >= 11 is 0. The third-order valence-electron chi connectivity index (χ3n) is 4.94. The summed E-state index contributed by atoms with van der Waals surface area (Å²) in [4.78, 5) is 54.3. The zero-order valence-electron chi connectivity index (χ0n) is 17.1. The summed E-state index contributed by atoms with van der Waals surface area (Å²) in [6.07, 6.45) is 5.84. The minimum Gasteiger partial charge on any atom is -0.494 e. The van der Waals surface area contributed by atoms with Crippen molar-refractivity contribution in [1.82, 2.24) is 30.2 Å². The van der Waals surface area contributed by atoms with Gasteiger partial charge in [-0.2, -0.15) is 0 Å². The Balaban J connectivity index is 1.73. The standard InChI is InChI=1S/C20H21N7O4/c1-11(28)26-15-10-22-13(8-23-15)17-18-16(14(31-2)9-25-17)12(7-24-18)19(29)20(30)27-5-3-21-4-6-27/h7-10,21,24H,3-6H2,1-2H3,(H,23,26,28). The molecule has 1 aliphatic rings. The Hall–Kier alpha value is -3.86. The van der Waals surface area contributed by atoms with Crippen LogP contribution in [0, 0.1) is 0 Å². The summed E-state index contributed by atoms with van der Waals surface area (Å²) in [5, 5.41) is 6.16.